The van der Waals surface area contributed by atoms with Gasteiger partial charge in [-0.25, -0.2) is 0 Å². The summed E-state index contributed by atoms with van der Waals surface area (Å²) < 4.78 is 5.32. The molecule has 0 aliphatic carbocycles. The largest absolute Gasteiger partial charge is 0.504 e. The molecule has 0 aliphatic rings. The van der Waals surface area contributed by atoms with E-state index in [1.807, 2.05) is 19.1 Å². The maximum absolute atomic E-state index is 10.7. The van der Waals surface area contributed by atoms with Crippen molar-refractivity contribution in [2.45, 2.75) is 26.8 Å². The molecule has 0 atom stereocenters. The Balaban J connectivity index is 2.33. The predicted octanol–water partition coefficient (Wildman–Crippen LogP) is 1.41. The Morgan fingerprint density at radius 2 is 2.16 bits per heavy atom. The zero-order valence-electron chi connectivity index (χ0n) is 11.5. The van der Waals surface area contributed by atoms with E-state index in [2.05, 4.69) is 10.6 Å². The molecule has 0 radical (unpaired) electrons. The molecular formula is C14H22N2O3. The van der Waals surface area contributed by atoms with E-state index >= 15 is 0 Å². The molecule has 0 heterocycles. The van der Waals surface area contributed by atoms with Gasteiger partial charge < -0.3 is 20.5 Å². The van der Waals surface area contributed by atoms with Gasteiger partial charge in [-0.15, -0.1) is 0 Å². The number of phenols is 1. The molecule has 5 nitrogen and oxygen atoms in total. The van der Waals surface area contributed by atoms with Crippen LogP contribution in [0.2, 0.25) is 0 Å². The quantitative estimate of drug-likeness (QED) is 0.622. The highest BCUT2D eigenvalue weighted by Crippen LogP contribution is 2.29. The average molecular weight is 266 g/mol. The number of phenolic OH excluding ortho intramolecular Hbond substituents is 1. The van der Waals surface area contributed by atoms with Crippen molar-refractivity contribution >= 4 is 5.91 Å². The van der Waals surface area contributed by atoms with Gasteiger partial charge in [0.25, 0.3) is 0 Å². The lowest BCUT2D eigenvalue weighted by atomic mass is 10.2. The Morgan fingerprint density at radius 1 is 1.37 bits per heavy atom. The molecule has 0 aliphatic heterocycles. The first-order valence-corrected chi connectivity index (χ1v) is 6.54. The molecule has 0 unspecified atom stereocenters. The number of carbonyl (C=O) groups excluding carboxylic acids is 1. The van der Waals surface area contributed by atoms with Crippen LogP contribution >= 0.6 is 0 Å². The molecule has 0 saturated heterocycles. The number of benzene rings is 1. The summed E-state index contributed by atoms with van der Waals surface area (Å²) in [6, 6.07) is 5.47. The van der Waals surface area contributed by atoms with Gasteiger partial charge in [0.2, 0.25) is 5.91 Å². The Labute approximate surface area is 114 Å². The van der Waals surface area contributed by atoms with Crippen LogP contribution in [0, 0.1) is 0 Å². The predicted molar refractivity (Wildman–Crippen MR) is 74.3 cm³/mol. The maximum Gasteiger partial charge on any atom is 0.216 e. The Bertz CT molecular complexity index is 408. The van der Waals surface area contributed by atoms with Crippen LogP contribution in [0.25, 0.3) is 0 Å². The van der Waals surface area contributed by atoms with Gasteiger partial charge in [0, 0.05) is 25.6 Å². The van der Waals surface area contributed by atoms with Crippen molar-refractivity contribution in [1.82, 2.24) is 10.6 Å². The molecule has 0 aromatic heterocycles. The molecule has 1 aromatic carbocycles. The number of hydrogen-bond acceptors (Lipinski definition) is 4. The first-order chi connectivity index (χ1) is 9.15. The van der Waals surface area contributed by atoms with Crippen LogP contribution in [0.4, 0.5) is 0 Å². The molecule has 0 spiro atoms. The Hall–Kier alpha value is -1.75. The summed E-state index contributed by atoms with van der Waals surface area (Å²) in [5.41, 5.74) is 0.811. The number of amides is 1. The van der Waals surface area contributed by atoms with E-state index in [0.29, 0.717) is 25.4 Å². The SMILES string of the molecule is CCOc1cccc(CNCCCNC(C)=O)c1O. The summed E-state index contributed by atoms with van der Waals surface area (Å²) in [6.45, 7) is 5.93. The number of ether oxygens (including phenoxy) is 1. The fourth-order valence-corrected chi connectivity index (χ4v) is 1.68. The van der Waals surface area contributed by atoms with Crippen LogP contribution in [0.15, 0.2) is 18.2 Å². The van der Waals surface area contributed by atoms with Gasteiger partial charge in [0.15, 0.2) is 11.5 Å². The fraction of sp³-hybridized carbons (Fsp3) is 0.500. The smallest absolute Gasteiger partial charge is 0.216 e. The lowest BCUT2D eigenvalue weighted by Crippen LogP contribution is -2.25. The van der Waals surface area contributed by atoms with E-state index in [-0.39, 0.29) is 11.7 Å². The first-order valence-electron chi connectivity index (χ1n) is 6.54. The fourth-order valence-electron chi connectivity index (χ4n) is 1.68. The van der Waals surface area contributed by atoms with E-state index in [0.717, 1.165) is 18.5 Å². The molecule has 0 saturated carbocycles. The van der Waals surface area contributed by atoms with Gasteiger partial charge in [-0.3, -0.25) is 4.79 Å². The number of nitrogens with one attached hydrogen (secondary N) is 2. The minimum Gasteiger partial charge on any atom is -0.504 e. The van der Waals surface area contributed by atoms with Gasteiger partial charge in [-0.1, -0.05) is 12.1 Å². The van der Waals surface area contributed by atoms with Crippen LogP contribution in [0.5, 0.6) is 11.5 Å². The van der Waals surface area contributed by atoms with Crippen molar-refractivity contribution in [3.8, 4) is 11.5 Å². The van der Waals surface area contributed by atoms with Crippen LogP contribution in [0.3, 0.4) is 0 Å². The van der Waals surface area contributed by atoms with Gasteiger partial charge in [0.1, 0.15) is 0 Å². The second kappa shape index (κ2) is 8.37. The number of aromatic hydroxyl groups is 1. The molecule has 1 aromatic rings. The zero-order valence-corrected chi connectivity index (χ0v) is 11.5. The zero-order chi connectivity index (χ0) is 14.1. The second-order valence-corrected chi connectivity index (χ2v) is 4.21. The monoisotopic (exact) mass is 266 g/mol. The molecule has 1 amide bonds. The van der Waals surface area contributed by atoms with E-state index in [1.165, 1.54) is 6.92 Å². The van der Waals surface area contributed by atoms with E-state index < -0.39 is 0 Å². The molecule has 106 valence electrons. The molecular weight excluding hydrogens is 244 g/mol. The minimum absolute atomic E-state index is 0.0120. The lowest BCUT2D eigenvalue weighted by molar-refractivity contribution is -0.118. The van der Waals surface area contributed by atoms with Crippen LogP contribution in [-0.4, -0.2) is 30.7 Å². The summed E-state index contributed by atoms with van der Waals surface area (Å²) in [5.74, 6) is 0.695. The van der Waals surface area contributed by atoms with Gasteiger partial charge in [0.05, 0.1) is 6.61 Å². The average Bonchev–Trinajstić information content (AvgIpc) is 2.37. The second-order valence-electron chi connectivity index (χ2n) is 4.21. The molecule has 0 bridgehead atoms. The van der Waals surface area contributed by atoms with Gasteiger partial charge >= 0.3 is 0 Å². The molecule has 5 heteroatoms. The summed E-state index contributed by atoms with van der Waals surface area (Å²) in [4.78, 5) is 10.7. The third-order valence-corrected chi connectivity index (χ3v) is 2.60. The standard InChI is InChI=1S/C14H22N2O3/c1-3-19-13-7-4-6-12(14(13)18)10-15-8-5-9-16-11(2)17/h4,6-7,15,18H,3,5,8-10H2,1-2H3,(H,16,17). The van der Waals surface area contributed by atoms with Crippen molar-refractivity contribution in [1.29, 1.82) is 0 Å². The first kappa shape index (κ1) is 15.3. The number of rotatable bonds is 8. The minimum atomic E-state index is -0.0120. The molecule has 3 N–H and O–H groups in total. The molecule has 0 fully saturated rings. The van der Waals surface area contributed by atoms with Gasteiger partial charge in [-0.2, -0.15) is 0 Å². The van der Waals surface area contributed by atoms with Crippen molar-refractivity contribution in [2.75, 3.05) is 19.7 Å². The summed E-state index contributed by atoms with van der Waals surface area (Å²) >= 11 is 0. The highest BCUT2D eigenvalue weighted by molar-refractivity contribution is 5.72. The summed E-state index contributed by atoms with van der Waals surface area (Å²) in [5, 5.41) is 15.9. The van der Waals surface area contributed by atoms with E-state index in [1.54, 1.807) is 6.07 Å². The van der Waals surface area contributed by atoms with Crippen molar-refractivity contribution in [3.05, 3.63) is 23.8 Å². The third kappa shape index (κ3) is 5.61. The van der Waals surface area contributed by atoms with Gasteiger partial charge in [-0.05, 0) is 26.0 Å². The van der Waals surface area contributed by atoms with Crippen molar-refractivity contribution in [3.63, 3.8) is 0 Å². The molecule has 19 heavy (non-hydrogen) atoms. The summed E-state index contributed by atoms with van der Waals surface area (Å²) in [7, 11) is 0. The normalized spacial score (nSPS) is 10.2. The Kier molecular flexibility index (Phi) is 6.74. The third-order valence-electron chi connectivity index (χ3n) is 2.60. The molecule has 1 rings (SSSR count). The van der Waals surface area contributed by atoms with Crippen LogP contribution in [0.1, 0.15) is 25.8 Å². The lowest BCUT2D eigenvalue weighted by Gasteiger charge is -2.11. The van der Waals surface area contributed by atoms with Crippen molar-refractivity contribution in [2.24, 2.45) is 0 Å². The van der Waals surface area contributed by atoms with E-state index in [4.69, 9.17) is 4.74 Å². The Morgan fingerprint density at radius 3 is 2.84 bits per heavy atom. The van der Waals surface area contributed by atoms with Crippen molar-refractivity contribution < 1.29 is 14.6 Å². The maximum atomic E-state index is 10.7. The topological polar surface area (TPSA) is 70.6 Å². The van der Waals surface area contributed by atoms with Crippen LogP contribution < -0.4 is 15.4 Å². The number of para-hydroxylation sites is 1. The van der Waals surface area contributed by atoms with E-state index in [9.17, 15) is 9.90 Å². The number of carbonyl (C=O) groups is 1. The van der Waals surface area contributed by atoms with Crippen LogP contribution in [-0.2, 0) is 11.3 Å². The number of hydrogen-bond donors (Lipinski definition) is 3. The highest BCUT2D eigenvalue weighted by Gasteiger charge is 2.06. The summed E-state index contributed by atoms with van der Waals surface area (Å²) in [6.07, 6.45) is 0.853. The highest BCUT2D eigenvalue weighted by atomic mass is 16.5.